The van der Waals surface area contributed by atoms with Gasteiger partial charge in [-0.05, 0) is 42.5 Å². The topological polar surface area (TPSA) is 21.3 Å². The largest absolute Gasteiger partial charge is 0.496 e. The lowest BCUT2D eigenvalue weighted by molar-refractivity contribution is 0.380. The average molecular weight is 249 g/mol. The van der Waals surface area contributed by atoms with Crippen molar-refractivity contribution >= 4 is 0 Å². The molecule has 0 aliphatic rings. The molecule has 0 fully saturated rings. The lowest BCUT2D eigenvalue weighted by Crippen LogP contribution is -2.28. The Morgan fingerprint density at radius 2 is 1.89 bits per heavy atom. The number of benzene rings is 1. The van der Waals surface area contributed by atoms with Crippen molar-refractivity contribution in [2.75, 3.05) is 20.2 Å². The van der Waals surface area contributed by atoms with E-state index in [0.717, 1.165) is 25.3 Å². The Hall–Kier alpha value is -1.02. The van der Waals surface area contributed by atoms with Crippen molar-refractivity contribution in [3.05, 3.63) is 29.8 Å². The zero-order valence-corrected chi connectivity index (χ0v) is 12.4. The number of nitrogens with one attached hydrogen (secondary N) is 1. The summed E-state index contributed by atoms with van der Waals surface area (Å²) in [6.45, 7) is 11.2. The third-order valence-corrected chi connectivity index (χ3v) is 3.32. The summed E-state index contributed by atoms with van der Waals surface area (Å²) in [5.41, 5.74) is 1.43. The van der Waals surface area contributed by atoms with Gasteiger partial charge in [0, 0.05) is 0 Å². The minimum absolute atomic E-state index is 0.135. The summed E-state index contributed by atoms with van der Waals surface area (Å²) < 4.78 is 5.46. The third kappa shape index (κ3) is 4.34. The Morgan fingerprint density at radius 3 is 2.50 bits per heavy atom. The van der Waals surface area contributed by atoms with Crippen molar-refractivity contribution < 1.29 is 4.74 Å². The van der Waals surface area contributed by atoms with Gasteiger partial charge in [-0.1, -0.05) is 45.9 Å². The van der Waals surface area contributed by atoms with Crippen LogP contribution in [-0.4, -0.2) is 20.2 Å². The van der Waals surface area contributed by atoms with Crippen LogP contribution >= 0.6 is 0 Å². The van der Waals surface area contributed by atoms with Gasteiger partial charge in [0.25, 0.3) is 0 Å². The molecule has 0 spiro atoms. The molecule has 0 aromatic heterocycles. The van der Waals surface area contributed by atoms with Crippen LogP contribution in [0.3, 0.4) is 0 Å². The molecule has 2 heteroatoms. The van der Waals surface area contributed by atoms with Gasteiger partial charge in [0.05, 0.1) is 7.11 Å². The summed E-state index contributed by atoms with van der Waals surface area (Å²) in [5, 5.41) is 3.51. The monoisotopic (exact) mass is 249 g/mol. The molecule has 1 aromatic rings. The fourth-order valence-corrected chi connectivity index (χ4v) is 2.13. The molecule has 0 radical (unpaired) electrons. The van der Waals surface area contributed by atoms with Gasteiger partial charge >= 0.3 is 0 Å². The quantitative estimate of drug-likeness (QED) is 0.745. The first-order valence-electron chi connectivity index (χ1n) is 6.81. The fraction of sp³-hybridized carbons (Fsp3) is 0.625. The molecule has 18 heavy (non-hydrogen) atoms. The molecular weight excluding hydrogens is 222 g/mol. The zero-order valence-electron chi connectivity index (χ0n) is 12.4. The summed E-state index contributed by atoms with van der Waals surface area (Å²) in [6.07, 6.45) is 1.11. The van der Waals surface area contributed by atoms with E-state index in [1.165, 1.54) is 5.56 Å². The van der Waals surface area contributed by atoms with Gasteiger partial charge in [-0.25, -0.2) is 0 Å². The highest BCUT2D eigenvalue weighted by Gasteiger charge is 2.23. The normalized spacial score (nSPS) is 11.9. The van der Waals surface area contributed by atoms with Crippen molar-refractivity contribution in [3.8, 4) is 5.75 Å². The van der Waals surface area contributed by atoms with Crippen molar-refractivity contribution in [3.63, 3.8) is 0 Å². The van der Waals surface area contributed by atoms with E-state index in [2.05, 4.69) is 45.1 Å². The summed E-state index contributed by atoms with van der Waals surface area (Å²) in [6, 6.07) is 8.32. The first kappa shape index (κ1) is 15.0. The molecule has 1 aromatic carbocycles. The average Bonchev–Trinajstić information content (AvgIpc) is 2.34. The molecule has 2 nitrogen and oxygen atoms in total. The summed E-state index contributed by atoms with van der Waals surface area (Å²) >= 11 is 0. The number of rotatable bonds is 7. The fourth-order valence-electron chi connectivity index (χ4n) is 2.13. The van der Waals surface area contributed by atoms with Crippen LogP contribution in [0.1, 0.15) is 39.7 Å². The molecule has 0 amide bonds. The van der Waals surface area contributed by atoms with Gasteiger partial charge in [-0.2, -0.15) is 0 Å². The van der Waals surface area contributed by atoms with Gasteiger partial charge in [0.1, 0.15) is 5.75 Å². The van der Waals surface area contributed by atoms with Crippen LogP contribution in [0.4, 0.5) is 0 Å². The first-order chi connectivity index (χ1) is 8.47. The SMILES string of the molecule is COc1ccccc1C(C)(C)CCNCC(C)C. The number of methoxy groups -OCH3 is 1. The molecule has 0 atom stereocenters. The van der Waals surface area contributed by atoms with Crippen molar-refractivity contribution in [2.24, 2.45) is 5.92 Å². The summed E-state index contributed by atoms with van der Waals surface area (Å²) in [5.74, 6) is 1.70. The van der Waals surface area contributed by atoms with Crippen molar-refractivity contribution in [1.82, 2.24) is 5.32 Å². The zero-order chi connectivity index (χ0) is 13.6. The van der Waals surface area contributed by atoms with Gasteiger partial charge in [-0.3, -0.25) is 0 Å². The Morgan fingerprint density at radius 1 is 1.22 bits per heavy atom. The molecule has 0 saturated heterocycles. The molecule has 1 rings (SSSR count). The van der Waals surface area contributed by atoms with E-state index in [0.29, 0.717) is 5.92 Å². The lowest BCUT2D eigenvalue weighted by Gasteiger charge is -2.27. The highest BCUT2D eigenvalue weighted by atomic mass is 16.5. The highest BCUT2D eigenvalue weighted by molar-refractivity contribution is 5.38. The number of para-hydroxylation sites is 1. The van der Waals surface area contributed by atoms with E-state index < -0.39 is 0 Å². The van der Waals surface area contributed by atoms with E-state index in [-0.39, 0.29) is 5.41 Å². The lowest BCUT2D eigenvalue weighted by atomic mass is 9.81. The summed E-state index contributed by atoms with van der Waals surface area (Å²) in [7, 11) is 1.74. The van der Waals surface area contributed by atoms with E-state index >= 15 is 0 Å². The predicted molar refractivity (Wildman–Crippen MR) is 78.3 cm³/mol. The van der Waals surface area contributed by atoms with Gasteiger partial charge in [-0.15, -0.1) is 0 Å². The van der Waals surface area contributed by atoms with Crippen LogP contribution in [0, 0.1) is 5.92 Å². The van der Waals surface area contributed by atoms with Crippen LogP contribution in [0.25, 0.3) is 0 Å². The smallest absolute Gasteiger partial charge is 0.122 e. The minimum Gasteiger partial charge on any atom is -0.496 e. The van der Waals surface area contributed by atoms with E-state index in [1.807, 2.05) is 12.1 Å². The van der Waals surface area contributed by atoms with Crippen molar-refractivity contribution in [1.29, 1.82) is 0 Å². The maximum Gasteiger partial charge on any atom is 0.122 e. The maximum atomic E-state index is 5.46. The molecule has 0 unspecified atom stereocenters. The molecule has 0 bridgehead atoms. The number of hydrogen-bond donors (Lipinski definition) is 1. The summed E-state index contributed by atoms with van der Waals surface area (Å²) in [4.78, 5) is 0. The first-order valence-corrected chi connectivity index (χ1v) is 6.81. The van der Waals surface area contributed by atoms with Crippen LogP contribution < -0.4 is 10.1 Å². The van der Waals surface area contributed by atoms with Crippen LogP contribution in [0.2, 0.25) is 0 Å². The second-order valence-electron chi connectivity index (χ2n) is 5.93. The molecule has 102 valence electrons. The number of hydrogen-bond acceptors (Lipinski definition) is 2. The Labute approximate surface area is 112 Å². The Balaban J connectivity index is 2.62. The second-order valence-corrected chi connectivity index (χ2v) is 5.93. The molecule has 0 saturated carbocycles. The maximum absolute atomic E-state index is 5.46. The molecule has 0 aliphatic heterocycles. The molecular formula is C16H27NO. The third-order valence-electron chi connectivity index (χ3n) is 3.32. The second kappa shape index (κ2) is 6.79. The molecule has 1 N–H and O–H groups in total. The van der Waals surface area contributed by atoms with Gasteiger partial charge < -0.3 is 10.1 Å². The predicted octanol–water partition coefficient (Wildman–Crippen LogP) is 3.61. The minimum atomic E-state index is 0.135. The van der Waals surface area contributed by atoms with E-state index in [9.17, 15) is 0 Å². The molecule has 0 heterocycles. The van der Waals surface area contributed by atoms with Crippen molar-refractivity contribution in [2.45, 2.75) is 39.5 Å². The number of ether oxygens (including phenoxy) is 1. The van der Waals surface area contributed by atoms with E-state index in [1.54, 1.807) is 7.11 Å². The van der Waals surface area contributed by atoms with E-state index in [4.69, 9.17) is 4.74 Å². The van der Waals surface area contributed by atoms with Crippen LogP contribution in [-0.2, 0) is 5.41 Å². The Bertz CT molecular complexity index is 358. The van der Waals surface area contributed by atoms with Gasteiger partial charge in [0.2, 0.25) is 0 Å². The highest BCUT2D eigenvalue weighted by Crippen LogP contribution is 2.33. The van der Waals surface area contributed by atoms with Crippen LogP contribution in [0.5, 0.6) is 5.75 Å². The van der Waals surface area contributed by atoms with Gasteiger partial charge in [0.15, 0.2) is 0 Å². The standard InChI is InChI=1S/C16H27NO/c1-13(2)12-17-11-10-16(3,4)14-8-6-7-9-15(14)18-5/h6-9,13,17H,10-12H2,1-5H3. The van der Waals surface area contributed by atoms with Crippen LogP contribution in [0.15, 0.2) is 24.3 Å². The Kier molecular flexibility index (Phi) is 5.67. The molecule has 0 aliphatic carbocycles.